The predicted molar refractivity (Wildman–Crippen MR) is 83.5 cm³/mol. The Kier molecular flexibility index (Phi) is 5.51. The second kappa shape index (κ2) is 7.17. The van der Waals surface area contributed by atoms with E-state index in [4.69, 9.17) is 10.5 Å². The molecule has 0 radical (unpaired) electrons. The van der Waals surface area contributed by atoms with Gasteiger partial charge in [0.25, 0.3) is 0 Å². The average molecular weight is 331 g/mol. The van der Waals surface area contributed by atoms with Gasteiger partial charge in [-0.2, -0.15) is 5.10 Å². The molecule has 116 valence electrons. The van der Waals surface area contributed by atoms with Crippen molar-refractivity contribution in [3.8, 4) is 0 Å². The van der Waals surface area contributed by atoms with Gasteiger partial charge in [0.2, 0.25) is 0 Å². The van der Waals surface area contributed by atoms with Gasteiger partial charge in [-0.15, -0.1) is 23.7 Å². The number of ether oxygens (including phenoxy) is 1. The van der Waals surface area contributed by atoms with Crippen LogP contribution in [-0.4, -0.2) is 44.8 Å². The van der Waals surface area contributed by atoms with Gasteiger partial charge in [-0.05, 0) is 0 Å². The zero-order valence-electron chi connectivity index (χ0n) is 11.8. The zero-order valence-corrected chi connectivity index (χ0v) is 13.4. The summed E-state index contributed by atoms with van der Waals surface area (Å²) in [6.45, 7) is 5.28. The molecular weight excluding hydrogens is 312 g/mol. The molecule has 0 saturated carbocycles. The minimum atomic E-state index is -0.0643. The molecule has 9 heteroatoms. The van der Waals surface area contributed by atoms with Crippen LogP contribution in [0.25, 0.3) is 0 Å². The number of rotatable bonds is 4. The third-order valence-corrected chi connectivity index (χ3v) is 4.08. The highest BCUT2D eigenvalue weighted by atomic mass is 35.5. The molecule has 0 spiro atoms. The first-order valence-electron chi connectivity index (χ1n) is 6.70. The van der Waals surface area contributed by atoms with Crippen molar-refractivity contribution in [2.75, 3.05) is 25.4 Å². The highest BCUT2D eigenvalue weighted by molar-refractivity contribution is 7.15. The molecule has 0 bridgehead atoms. The number of anilines is 1. The summed E-state index contributed by atoms with van der Waals surface area (Å²) in [6, 6.07) is 0. The lowest BCUT2D eigenvalue weighted by Gasteiger charge is -2.31. The van der Waals surface area contributed by atoms with Gasteiger partial charge in [0, 0.05) is 37.1 Å². The van der Waals surface area contributed by atoms with Crippen LogP contribution < -0.4 is 5.73 Å². The molecule has 1 atom stereocenters. The van der Waals surface area contributed by atoms with Crippen LogP contribution in [-0.2, 0) is 17.7 Å². The Morgan fingerprint density at radius 2 is 2.43 bits per heavy atom. The molecule has 1 aliphatic heterocycles. The first-order valence-corrected chi connectivity index (χ1v) is 7.51. The molecule has 2 aromatic rings. The van der Waals surface area contributed by atoms with Crippen LogP contribution >= 0.6 is 23.7 Å². The fourth-order valence-electron chi connectivity index (χ4n) is 2.23. The molecule has 3 rings (SSSR count). The van der Waals surface area contributed by atoms with E-state index in [1.54, 1.807) is 0 Å². The van der Waals surface area contributed by atoms with Gasteiger partial charge < -0.3 is 10.5 Å². The van der Waals surface area contributed by atoms with Crippen molar-refractivity contribution in [2.45, 2.75) is 26.0 Å². The second-order valence-electron chi connectivity index (χ2n) is 4.75. The van der Waals surface area contributed by atoms with Crippen molar-refractivity contribution in [3.63, 3.8) is 0 Å². The second-order valence-corrected chi connectivity index (χ2v) is 5.90. The highest BCUT2D eigenvalue weighted by Gasteiger charge is 2.25. The number of hydrogen-bond donors (Lipinski definition) is 2. The molecular formula is C12H19ClN6OS. The fourth-order valence-corrected chi connectivity index (χ4v) is 2.96. The highest BCUT2D eigenvalue weighted by Crippen LogP contribution is 2.23. The Hall–Kier alpha value is -1.22. The first-order chi connectivity index (χ1) is 9.74. The minimum absolute atomic E-state index is 0. The van der Waals surface area contributed by atoms with Crippen molar-refractivity contribution < 1.29 is 4.74 Å². The smallest absolute Gasteiger partial charge is 0.180 e. The lowest BCUT2D eigenvalue weighted by molar-refractivity contribution is -0.0368. The lowest BCUT2D eigenvalue weighted by atomic mass is 10.2. The predicted octanol–water partition coefficient (Wildman–Crippen LogP) is 1.40. The van der Waals surface area contributed by atoms with Gasteiger partial charge in [0.15, 0.2) is 11.0 Å². The molecule has 1 fully saturated rings. The zero-order chi connectivity index (χ0) is 13.9. The number of nitrogens with two attached hydrogens (primary N) is 1. The summed E-state index contributed by atoms with van der Waals surface area (Å²) in [5.74, 6) is 1.64. The van der Waals surface area contributed by atoms with Crippen molar-refractivity contribution in [1.82, 2.24) is 25.1 Å². The Labute approximate surface area is 133 Å². The summed E-state index contributed by atoms with van der Waals surface area (Å²) >= 11 is 1.53. The third-order valence-electron chi connectivity index (χ3n) is 3.27. The van der Waals surface area contributed by atoms with E-state index < -0.39 is 0 Å². The Balaban J connectivity index is 0.00000161. The largest absolute Gasteiger partial charge is 0.375 e. The van der Waals surface area contributed by atoms with Crippen molar-refractivity contribution >= 4 is 28.9 Å². The maximum atomic E-state index is 5.77. The average Bonchev–Trinajstić information content (AvgIpc) is 3.08. The quantitative estimate of drug-likeness (QED) is 0.880. The molecule has 1 saturated heterocycles. The Morgan fingerprint density at radius 1 is 1.57 bits per heavy atom. The van der Waals surface area contributed by atoms with Crippen molar-refractivity contribution in [3.05, 3.63) is 22.7 Å². The molecule has 3 N–H and O–H groups in total. The summed E-state index contributed by atoms with van der Waals surface area (Å²) in [7, 11) is 0. The summed E-state index contributed by atoms with van der Waals surface area (Å²) in [5, 5.41) is 7.79. The number of halogens is 1. The molecule has 1 aliphatic rings. The van der Waals surface area contributed by atoms with E-state index in [1.807, 2.05) is 13.1 Å². The maximum Gasteiger partial charge on any atom is 0.180 e. The van der Waals surface area contributed by atoms with Gasteiger partial charge in [0.1, 0.15) is 11.9 Å². The molecule has 2 aromatic heterocycles. The number of aromatic amines is 1. The first kappa shape index (κ1) is 16.2. The van der Waals surface area contributed by atoms with Crippen LogP contribution in [0.2, 0.25) is 0 Å². The summed E-state index contributed by atoms with van der Waals surface area (Å²) in [4.78, 5) is 12.0. The number of nitrogen functional groups attached to an aromatic ring is 1. The van der Waals surface area contributed by atoms with E-state index in [-0.39, 0.29) is 18.5 Å². The molecule has 21 heavy (non-hydrogen) atoms. The van der Waals surface area contributed by atoms with Gasteiger partial charge in [-0.3, -0.25) is 10.00 Å². The molecule has 1 unspecified atom stereocenters. The monoisotopic (exact) mass is 330 g/mol. The number of aromatic nitrogens is 4. The number of nitrogens with one attached hydrogen (secondary N) is 1. The number of aryl methyl sites for hydroxylation is 1. The van der Waals surface area contributed by atoms with E-state index in [9.17, 15) is 0 Å². The third kappa shape index (κ3) is 3.91. The van der Waals surface area contributed by atoms with Crippen LogP contribution in [0.1, 0.15) is 29.6 Å². The number of morpholine rings is 1. The molecule has 7 nitrogen and oxygen atoms in total. The summed E-state index contributed by atoms with van der Waals surface area (Å²) in [6.07, 6.45) is 2.63. The van der Waals surface area contributed by atoms with Crippen LogP contribution in [0.3, 0.4) is 0 Å². The molecule has 0 amide bonds. The number of H-pyrrole nitrogens is 1. The Morgan fingerprint density at radius 3 is 3.10 bits per heavy atom. The van der Waals surface area contributed by atoms with Crippen molar-refractivity contribution in [2.24, 2.45) is 0 Å². The molecule has 0 aromatic carbocycles. The van der Waals surface area contributed by atoms with E-state index in [0.717, 1.165) is 37.7 Å². The standard InChI is InChI=1S/C12H18N6OS.ClH/c1-2-10-15-11(17-16-10)9-7-18(3-4-19-9)6-8-5-14-12(13)20-8;/h5,9H,2-4,6-7H2,1H3,(H2,13,14)(H,15,16,17);1H. The van der Waals surface area contributed by atoms with E-state index in [2.05, 4.69) is 25.1 Å². The minimum Gasteiger partial charge on any atom is -0.375 e. The van der Waals surface area contributed by atoms with Gasteiger partial charge in [-0.1, -0.05) is 6.92 Å². The van der Waals surface area contributed by atoms with E-state index >= 15 is 0 Å². The van der Waals surface area contributed by atoms with Gasteiger partial charge in [0.05, 0.1) is 6.61 Å². The fraction of sp³-hybridized carbons (Fsp3) is 0.583. The number of nitrogens with zero attached hydrogens (tertiary/aromatic N) is 4. The topological polar surface area (TPSA) is 93.0 Å². The Bertz CT molecular complexity index is 574. The number of thiazole rings is 1. The molecule has 3 heterocycles. The van der Waals surface area contributed by atoms with Crippen LogP contribution in [0, 0.1) is 0 Å². The van der Waals surface area contributed by atoms with Crippen molar-refractivity contribution in [1.29, 1.82) is 0 Å². The lowest BCUT2D eigenvalue weighted by Crippen LogP contribution is -2.38. The molecule has 0 aliphatic carbocycles. The van der Waals surface area contributed by atoms with Gasteiger partial charge >= 0.3 is 0 Å². The van der Waals surface area contributed by atoms with Crippen LogP contribution in [0.5, 0.6) is 0 Å². The van der Waals surface area contributed by atoms with E-state index in [1.165, 1.54) is 16.2 Å². The maximum absolute atomic E-state index is 5.77. The van der Waals surface area contributed by atoms with Crippen LogP contribution in [0.4, 0.5) is 5.13 Å². The SMILES string of the molecule is CCc1nc(C2CN(Cc3cnc(N)s3)CCO2)n[nH]1.Cl. The summed E-state index contributed by atoms with van der Waals surface area (Å²) in [5.41, 5.74) is 5.66. The normalized spacial score (nSPS) is 19.4. The van der Waals surface area contributed by atoms with Gasteiger partial charge in [-0.25, -0.2) is 9.97 Å². The van der Waals surface area contributed by atoms with E-state index in [0.29, 0.717) is 11.7 Å². The number of hydrogen-bond acceptors (Lipinski definition) is 7. The summed E-state index contributed by atoms with van der Waals surface area (Å²) < 4.78 is 5.77. The van der Waals surface area contributed by atoms with Crippen LogP contribution in [0.15, 0.2) is 6.20 Å².